The number of fused-ring (bicyclic) bond motifs is 1. The number of carbonyl (C=O) groups excluding carboxylic acids is 1. The maximum atomic E-state index is 13.0. The quantitative estimate of drug-likeness (QED) is 0.769. The number of imidazole rings is 1. The summed E-state index contributed by atoms with van der Waals surface area (Å²) >= 11 is 0. The molecule has 1 aromatic heterocycles. The molecule has 9 heteroatoms. The van der Waals surface area contributed by atoms with Crippen molar-refractivity contribution < 1.29 is 17.9 Å². The molecule has 8 nitrogen and oxygen atoms in total. The monoisotopic (exact) mass is 418 g/mol. The minimum Gasteiger partial charge on any atom is -0.497 e. The molecule has 2 aromatic rings. The summed E-state index contributed by atoms with van der Waals surface area (Å²) in [7, 11) is -0.182. The lowest BCUT2D eigenvalue weighted by Gasteiger charge is -2.26. The summed E-state index contributed by atoms with van der Waals surface area (Å²) in [5.41, 5.74) is 1.78. The highest BCUT2D eigenvalue weighted by atomic mass is 32.2. The van der Waals surface area contributed by atoms with Crippen LogP contribution in [0.25, 0.3) is 0 Å². The predicted octanol–water partition coefficient (Wildman–Crippen LogP) is 1.59. The normalized spacial score (nSPS) is 17.4. The smallest absolute Gasteiger partial charge is 0.243 e. The van der Waals surface area contributed by atoms with E-state index in [9.17, 15) is 13.2 Å². The molecule has 2 aliphatic rings. The second-order valence-electron chi connectivity index (χ2n) is 7.59. The Morgan fingerprint density at radius 2 is 2.00 bits per heavy atom. The Morgan fingerprint density at radius 1 is 1.28 bits per heavy atom. The first-order valence-electron chi connectivity index (χ1n) is 9.85. The van der Waals surface area contributed by atoms with Gasteiger partial charge in [0.25, 0.3) is 0 Å². The van der Waals surface area contributed by atoms with Crippen LogP contribution in [-0.2, 0) is 41.4 Å². The van der Waals surface area contributed by atoms with Gasteiger partial charge in [0.2, 0.25) is 15.9 Å². The summed E-state index contributed by atoms with van der Waals surface area (Å²) in [6.07, 6.45) is 3.59. The van der Waals surface area contributed by atoms with Crippen LogP contribution in [0, 0.1) is 5.92 Å². The number of methoxy groups -OCH3 is 1. The standard InChI is InChI=1S/C20H26N4O4S/c1-23-18-13-24(29(26,27)16-8-6-15(28-2)7-9-16)11-10-17(18)22-19(23)12-21-20(25)14-4-3-5-14/h6-9,14H,3-5,10-13H2,1-2H3,(H,21,25). The number of hydrogen-bond acceptors (Lipinski definition) is 5. The first kappa shape index (κ1) is 19.9. The Labute approximate surface area is 170 Å². The van der Waals surface area contributed by atoms with Crippen LogP contribution in [0.15, 0.2) is 29.2 Å². The number of rotatable bonds is 6. The number of nitrogens with one attached hydrogen (secondary N) is 1. The Balaban J connectivity index is 1.48. The highest BCUT2D eigenvalue weighted by Gasteiger charge is 2.32. The van der Waals surface area contributed by atoms with E-state index in [0.717, 1.165) is 36.5 Å². The van der Waals surface area contributed by atoms with Gasteiger partial charge in [-0.2, -0.15) is 4.31 Å². The van der Waals surface area contributed by atoms with E-state index in [1.54, 1.807) is 31.4 Å². The fourth-order valence-electron chi connectivity index (χ4n) is 3.76. The van der Waals surface area contributed by atoms with E-state index in [4.69, 9.17) is 4.74 Å². The van der Waals surface area contributed by atoms with Gasteiger partial charge in [-0.15, -0.1) is 0 Å². The molecule has 1 fully saturated rings. The number of hydrogen-bond donors (Lipinski definition) is 1. The van der Waals surface area contributed by atoms with Crippen LogP contribution in [0.5, 0.6) is 5.75 Å². The molecule has 1 N–H and O–H groups in total. The van der Waals surface area contributed by atoms with E-state index in [0.29, 0.717) is 25.3 Å². The van der Waals surface area contributed by atoms with E-state index in [2.05, 4.69) is 10.3 Å². The molecule has 0 unspecified atom stereocenters. The fourth-order valence-corrected chi connectivity index (χ4v) is 5.16. The molecule has 29 heavy (non-hydrogen) atoms. The first-order chi connectivity index (χ1) is 13.9. The third-order valence-corrected chi connectivity index (χ3v) is 7.77. The van der Waals surface area contributed by atoms with E-state index >= 15 is 0 Å². The van der Waals surface area contributed by atoms with Crippen LogP contribution in [0.2, 0.25) is 0 Å². The van der Waals surface area contributed by atoms with Crippen LogP contribution in [0.3, 0.4) is 0 Å². The van der Waals surface area contributed by atoms with E-state index in [-0.39, 0.29) is 23.3 Å². The maximum absolute atomic E-state index is 13.0. The van der Waals surface area contributed by atoms with Crippen LogP contribution < -0.4 is 10.1 Å². The van der Waals surface area contributed by atoms with Gasteiger partial charge in [0.05, 0.1) is 36.5 Å². The number of carbonyl (C=O) groups is 1. The molecule has 0 saturated heterocycles. The fraction of sp³-hybridized carbons (Fsp3) is 0.500. The molecular formula is C20H26N4O4S. The number of aromatic nitrogens is 2. The van der Waals surface area contributed by atoms with Crippen LogP contribution in [-0.4, -0.2) is 41.8 Å². The summed E-state index contributed by atoms with van der Waals surface area (Å²) in [5.74, 6) is 1.59. The highest BCUT2D eigenvalue weighted by molar-refractivity contribution is 7.89. The number of nitrogens with zero attached hydrogens (tertiary/aromatic N) is 3. The number of ether oxygens (including phenoxy) is 1. The van der Waals surface area contributed by atoms with Crippen LogP contribution in [0.4, 0.5) is 0 Å². The third kappa shape index (κ3) is 3.76. The van der Waals surface area contributed by atoms with E-state index in [1.165, 1.54) is 4.31 Å². The average molecular weight is 419 g/mol. The molecule has 4 rings (SSSR count). The number of sulfonamides is 1. The predicted molar refractivity (Wildman–Crippen MR) is 107 cm³/mol. The van der Waals surface area contributed by atoms with Crippen molar-refractivity contribution in [2.75, 3.05) is 13.7 Å². The average Bonchev–Trinajstić information content (AvgIpc) is 3.00. The molecule has 1 aliphatic heterocycles. The second-order valence-corrected chi connectivity index (χ2v) is 9.53. The molecule has 2 heterocycles. The maximum Gasteiger partial charge on any atom is 0.243 e. The molecular weight excluding hydrogens is 392 g/mol. The van der Waals surface area contributed by atoms with E-state index < -0.39 is 10.0 Å². The largest absolute Gasteiger partial charge is 0.497 e. The molecule has 156 valence electrons. The van der Waals surface area contributed by atoms with Gasteiger partial charge in [0, 0.05) is 25.9 Å². The topological polar surface area (TPSA) is 93.5 Å². The summed E-state index contributed by atoms with van der Waals surface area (Å²) in [4.78, 5) is 17.0. The summed E-state index contributed by atoms with van der Waals surface area (Å²) in [5, 5.41) is 2.96. The van der Waals surface area contributed by atoms with E-state index in [1.807, 2.05) is 11.6 Å². The van der Waals surface area contributed by atoms with Crippen molar-refractivity contribution in [1.82, 2.24) is 19.2 Å². The minimum absolute atomic E-state index is 0.0842. The highest BCUT2D eigenvalue weighted by Crippen LogP contribution is 2.28. The Hall–Kier alpha value is -2.39. The van der Waals surface area contributed by atoms with Crippen LogP contribution in [0.1, 0.15) is 36.5 Å². The van der Waals surface area contributed by atoms with Crippen molar-refractivity contribution in [2.24, 2.45) is 13.0 Å². The van der Waals surface area contributed by atoms with Gasteiger partial charge in [-0.25, -0.2) is 13.4 Å². The molecule has 1 amide bonds. The summed E-state index contributed by atoms with van der Waals surface area (Å²) < 4.78 is 34.6. The number of amides is 1. The second kappa shape index (κ2) is 7.79. The Morgan fingerprint density at radius 3 is 2.62 bits per heavy atom. The Bertz CT molecular complexity index is 1010. The number of benzene rings is 1. The van der Waals surface area contributed by atoms with Gasteiger partial charge in [-0.1, -0.05) is 6.42 Å². The van der Waals surface area contributed by atoms with Crippen molar-refractivity contribution in [1.29, 1.82) is 0 Å². The van der Waals surface area contributed by atoms with Gasteiger partial charge in [-0.05, 0) is 37.1 Å². The van der Waals surface area contributed by atoms with Crippen molar-refractivity contribution in [3.8, 4) is 5.75 Å². The molecule has 0 bridgehead atoms. The molecule has 1 aliphatic carbocycles. The summed E-state index contributed by atoms with van der Waals surface area (Å²) in [6, 6.07) is 6.42. The van der Waals surface area contributed by atoms with Crippen molar-refractivity contribution >= 4 is 15.9 Å². The first-order valence-corrected chi connectivity index (χ1v) is 11.3. The molecule has 0 atom stereocenters. The summed E-state index contributed by atoms with van der Waals surface area (Å²) in [6.45, 7) is 1.01. The van der Waals surface area contributed by atoms with Crippen LogP contribution >= 0.6 is 0 Å². The Kier molecular flexibility index (Phi) is 5.35. The minimum atomic E-state index is -3.60. The van der Waals surface area contributed by atoms with Gasteiger partial charge in [0.15, 0.2) is 0 Å². The lowest BCUT2D eigenvalue weighted by atomic mass is 9.85. The third-order valence-electron chi connectivity index (χ3n) is 5.91. The molecule has 1 aromatic carbocycles. The van der Waals surface area contributed by atoms with Gasteiger partial charge in [-0.3, -0.25) is 4.79 Å². The zero-order valence-electron chi connectivity index (χ0n) is 16.7. The zero-order chi connectivity index (χ0) is 20.6. The SMILES string of the molecule is COc1ccc(S(=O)(=O)N2CCc3nc(CNC(=O)C4CCC4)n(C)c3C2)cc1. The van der Waals surface area contributed by atoms with Crippen molar-refractivity contribution in [3.05, 3.63) is 41.5 Å². The van der Waals surface area contributed by atoms with Crippen molar-refractivity contribution in [3.63, 3.8) is 0 Å². The lowest BCUT2D eigenvalue weighted by molar-refractivity contribution is -0.127. The zero-order valence-corrected chi connectivity index (χ0v) is 17.5. The van der Waals surface area contributed by atoms with Gasteiger partial charge >= 0.3 is 0 Å². The molecule has 1 saturated carbocycles. The molecule has 0 radical (unpaired) electrons. The lowest BCUT2D eigenvalue weighted by Crippen LogP contribution is -2.36. The van der Waals surface area contributed by atoms with Gasteiger partial charge < -0.3 is 14.6 Å². The van der Waals surface area contributed by atoms with Gasteiger partial charge in [0.1, 0.15) is 11.6 Å². The molecule has 0 spiro atoms. The van der Waals surface area contributed by atoms with Crippen molar-refractivity contribution in [2.45, 2.75) is 43.7 Å².